The Kier molecular flexibility index (Phi) is 7.20. The van der Waals surface area contributed by atoms with Crippen molar-refractivity contribution in [3.8, 4) is 0 Å². The first kappa shape index (κ1) is 18.4. The van der Waals surface area contributed by atoms with Crippen molar-refractivity contribution >= 4 is 34.5 Å². The summed E-state index contributed by atoms with van der Waals surface area (Å²) in [6.07, 6.45) is 0.235. The summed E-state index contributed by atoms with van der Waals surface area (Å²) in [5.41, 5.74) is 1.84. The van der Waals surface area contributed by atoms with E-state index in [-0.39, 0.29) is 13.0 Å². The molecule has 2 aromatic carbocycles. The Morgan fingerprint density at radius 2 is 1.75 bits per heavy atom. The molecule has 0 aliphatic rings. The van der Waals surface area contributed by atoms with Crippen LogP contribution in [-0.2, 0) is 27.4 Å². The first-order valence-corrected chi connectivity index (χ1v) is 8.51. The number of halogens is 1. The number of carbonyl (C=O) groups excluding carboxylic acids is 1. The molecule has 1 amide bonds. The minimum absolute atomic E-state index is 0.176. The molecule has 126 valence electrons. The first-order valence-electron chi connectivity index (χ1n) is 7.43. The highest BCUT2D eigenvalue weighted by Crippen LogP contribution is 2.13. The molecular weight excluding hydrogens is 421 g/mol. The standard InChI is InChI=1S/C18H18INO4/c19-15-9-5-4-8-14(15)10-16(18(22)23)20-17(21)12-24-11-13-6-2-1-3-7-13/h1-9,16H,10-12H2,(H,20,21)(H,22,23)/t16-/m0/s1. The lowest BCUT2D eigenvalue weighted by Gasteiger charge is -2.15. The number of carboxylic acids is 1. The molecule has 0 aliphatic carbocycles. The molecule has 0 radical (unpaired) electrons. The predicted molar refractivity (Wildman–Crippen MR) is 98.5 cm³/mol. The van der Waals surface area contributed by atoms with Crippen molar-refractivity contribution < 1.29 is 19.4 Å². The van der Waals surface area contributed by atoms with Gasteiger partial charge < -0.3 is 15.2 Å². The lowest BCUT2D eigenvalue weighted by atomic mass is 10.1. The highest BCUT2D eigenvalue weighted by molar-refractivity contribution is 14.1. The Balaban J connectivity index is 1.85. The van der Waals surface area contributed by atoms with Gasteiger partial charge in [-0.1, -0.05) is 48.5 Å². The molecule has 0 saturated carbocycles. The summed E-state index contributed by atoms with van der Waals surface area (Å²) in [6, 6.07) is 16.0. The molecule has 0 unspecified atom stereocenters. The van der Waals surface area contributed by atoms with Crippen molar-refractivity contribution in [3.63, 3.8) is 0 Å². The lowest BCUT2D eigenvalue weighted by Crippen LogP contribution is -2.44. The van der Waals surface area contributed by atoms with Crippen molar-refractivity contribution in [2.45, 2.75) is 19.1 Å². The largest absolute Gasteiger partial charge is 0.480 e. The average Bonchev–Trinajstić information content (AvgIpc) is 2.57. The number of benzene rings is 2. The maximum Gasteiger partial charge on any atom is 0.326 e. The predicted octanol–water partition coefficient (Wildman–Crippen LogP) is 2.62. The Bertz CT molecular complexity index is 690. The third-order valence-electron chi connectivity index (χ3n) is 3.36. The van der Waals surface area contributed by atoms with Crippen LogP contribution < -0.4 is 5.32 Å². The van der Waals surface area contributed by atoms with Crippen LogP contribution in [0.1, 0.15) is 11.1 Å². The molecule has 2 N–H and O–H groups in total. The van der Waals surface area contributed by atoms with E-state index in [1.807, 2.05) is 54.6 Å². The second-order valence-corrected chi connectivity index (χ2v) is 6.39. The fraction of sp³-hybridized carbons (Fsp3) is 0.222. The van der Waals surface area contributed by atoms with E-state index in [0.717, 1.165) is 14.7 Å². The van der Waals surface area contributed by atoms with E-state index < -0.39 is 17.9 Å². The summed E-state index contributed by atoms with van der Waals surface area (Å²) in [7, 11) is 0. The van der Waals surface area contributed by atoms with Gasteiger partial charge in [0.25, 0.3) is 0 Å². The van der Waals surface area contributed by atoms with E-state index >= 15 is 0 Å². The molecule has 0 aromatic heterocycles. The minimum atomic E-state index is -1.06. The molecule has 2 rings (SSSR count). The molecule has 0 saturated heterocycles. The second kappa shape index (κ2) is 9.39. The van der Waals surface area contributed by atoms with E-state index in [4.69, 9.17) is 4.74 Å². The van der Waals surface area contributed by atoms with Gasteiger partial charge in [0, 0.05) is 9.99 Å². The fourth-order valence-electron chi connectivity index (χ4n) is 2.16. The van der Waals surface area contributed by atoms with Gasteiger partial charge in [-0.3, -0.25) is 4.79 Å². The SMILES string of the molecule is O=C(COCc1ccccc1)N[C@@H](Cc1ccccc1I)C(=O)O. The van der Waals surface area contributed by atoms with Gasteiger partial charge in [0.1, 0.15) is 12.6 Å². The van der Waals surface area contributed by atoms with Crippen LogP contribution in [0.3, 0.4) is 0 Å². The number of hydrogen-bond acceptors (Lipinski definition) is 3. The zero-order chi connectivity index (χ0) is 17.4. The molecule has 0 bridgehead atoms. The number of amides is 1. The number of aliphatic carboxylic acids is 1. The first-order chi connectivity index (χ1) is 11.6. The highest BCUT2D eigenvalue weighted by Gasteiger charge is 2.21. The molecule has 0 heterocycles. The molecule has 0 fully saturated rings. The third kappa shape index (κ3) is 5.93. The Morgan fingerprint density at radius 1 is 1.08 bits per heavy atom. The lowest BCUT2D eigenvalue weighted by molar-refractivity contribution is -0.142. The Hall–Kier alpha value is -1.93. The second-order valence-electron chi connectivity index (χ2n) is 5.23. The average molecular weight is 439 g/mol. The molecule has 5 nitrogen and oxygen atoms in total. The molecule has 0 spiro atoms. The third-order valence-corrected chi connectivity index (χ3v) is 4.41. The maximum atomic E-state index is 11.9. The van der Waals surface area contributed by atoms with Crippen molar-refractivity contribution in [1.29, 1.82) is 0 Å². The van der Waals surface area contributed by atoms with Crippen LogP contribution in [0, 0.1) is 3.57 Å². The van der Waals surface area contributed by atoms with Gasteiger partial charge in [-0.05, 0) is 39.8 Å². The van der Waals surface area contributed by atoms with Crippen LogP contribution in [0.5, 0.6) is 0 Å². The molecule has 2 aromatic rings. The molecule has 6 heteroatoms. The summed E-state index contributed by atoms with van der Waals surface area (Å²) in [4.78, 5) is 23.3. The van der Waals surface area contributed by atoms with Gasteiger partial charge in [-0.25, -0.2) is 4.79 Å². The molecular formula is C18H18INO4. The van der Waals surface area contributed by atoms with E-state index in [9.17, 15) is 14.7 Å². The molecule has 0 aliphatic heterocycles. The van der Waals surface area contributed by atoms with Crippen molar-refractivity contribution in [2.24, 2.45) is 0 Å². The highest BCUT2D eigenvalue weighted by atomic mass is 127. The number of hydrogen-bond donors (Lipinski definition) is 2. The Morgan fingerprint density at radius 3 is 2.42 bits per heavy atom. The fourth-order valence-corrected chi connectivity index (χ4v) is 2.76. The summed E-state index contributed by atoms with van der Waals surface area (Å²) >= 11 is 2.15. The van der Waals surface area contributed by atoms with Gasteiger partial charge in [0.15, 0.2) is 0 Å². The molecule has 24 heavy (non-hydrogen) atoms. The maximum absolute atomic E-state index is 11.9. The summed E-state index contributed by atoms with van der Waals surface area (Å²) in [5.74, 6) is -1.50. The van der Waals surface area contributed by atoms with Crippen LogP contribution in [0.2, 0.25) is 0 Å². The van der Waals surface area contributed by atoms with Crippen LogP contribution in [0.25, 0.3) is 0 Å². The van der Waals surface area contributed by atoms with Crippen LogP contribution >= 0.6 is 22.6 Å². The normalized spacial score (nSPS) is 11.7. The smallest absolute Gasteiger partial charge is 0.326 e. The zero-order valence-corrected chi connectivity index (χ0v) is 15.1. The van der Waals surface area contributed by atoms with E-state index in [1.165, 1.54) is 0 Å². The van der Waals surface area contributed by atoms with Gasteiger partial charge >= 0.3 is 5.97 Å². The van der Waals surface area contributed by atoms with Gasteiger partial charge in [0.05, 0.1) is 6.61 Å². The summed E-state index contributed by atoms with van der Waals surface area (Å²) in [6.45, 7) is 0.132. The van der Waals surface area contributed by atoms with Crippen molar-refractivity contribution in [1.82, 2.24) is 5.32 Å². The topological polar surface area (TPSA) is 75.6 Å². The summed E-state index contributed by atoms with van der Waals surface area (Å²) in [5, 5.41) is 11.8. The van der Waals surface area contributed by atoms with E-state index in [1.54, 1.807) is 0 Å². The number of ether oxygens (including phenoxy) is 1. The van der Waals surface area contributed by atoms with Gasteiger partial charge in [-0.15, -0.1) is 0 Å². The Labute approximate surface area is 154 Å². The molecule has 1 atom stereocenters. The van der Waals surface area contributed by atoms with E-state index in [2.05, 4.69) is 27.9 Å². The van der Waals surface area contributed by atoms with Crippen molar-refractivity contribution in [2.75, 3.05) is 6.61 Å². The van der Waals surface area contributed by atoms with Gasteiger partial charge in [-0.2, -0.15) is 0 Å². The summed E-state index contributed by atoms with van der Waals surface area (Å²) < 4.78 is 6.30. The number of carbonyl (C=O) groups is 2. The van der Waals surface area contributed by atoms with E-state index in [0.29, 0.717) is 6.61 Å². The number of carboxylic acid groups (broad SMARTS) is 1. The monoisotopic (exact) mass is 439 g/mol. The minimum Gasteiger partial charge on any atom is -0.480 e. The van der Waals surface area contributed by atoms with Crippen LogP contribution in [0.15, 0.2) is 54.6 Å². The van der Waals surface area contributed by atoms with Crippen LogP contribution in [-0.4, -0.2) is 29.6 Å². The van der Waals surface area contributed by atoms with Crippen molar-refractivity contribution in [3.05, 3.63) is 69.3 Å². The van der Waals surface area contributed by atoms with Gasteiger partial charge in [0.2, 0.25) is 5.91 Å². The number of rotatable bonds is 8. The zero-order valence-electron chi connectivity index (χ0n) is 12.9. The number of nitrogens with one attached hydrogen (secondary N) is 1. The quantitative estimate of drug-likeness (QED) is 0.621. The van der Waals surface area contributed by atoms with Crippen LogP contribution in [0.4, 0.5) is 0 Å².